The predicted octanol–water partition coefficient (Wildman–Crippen LogP) is -0.710. The smallest absolute Gasteiger partial charge is 0.326 e. The second kappa shape index (κ2) is 28.7. The fraction of sp³-hybridized carbons (Fsp3) is 0.639. The predicted molar refractivity (Wildman–Crippen MR) is 214 cm³/mol. The first-order valence-corrected chi connectivity index (χ1v) is 19.6. The Morgan fingerprint density at radius 3 is 2.04 bits per heavy atom. The third-order valence-corrected chi connectivity index (χ3v) is 8.91. The first kappa shape index (κ1) is 47.5. The molecule has 1 aromatic rings. The standard InChI is InChI=1S/C36H60N10O9S/c47-30(45-28(12-13-31(48)49)33(52)41-14-5-3-6-29(34(53)54)46-35(55)43-24-32(50)51)7-2-1-4-15-42-36(56)44-26-10-8-25(9-11-26)22-27-23-39-19-18-37-16-17-38-20-21-40-27/h8-11,27-29,37-40H,1-7,12-24H2,(H,41,52)(H,45,47)(H,48,49)(H,50,51)(H,53,54)(H2,42,44,56)(H2,43,46,55). The summed E-state index contributed by atoms with van der Waals surface area (Å²) < 4.78 is 0. The second-order valence-corrected chi connectivity index (χ2v) is 13.8. The molecule has 1 heterocycles. The van der Waals surface area contributed by atoms with Crippen LogP contribution in [0.4, 0.5) is 10.5 Å². The molecule has 0 aromatic heterocycles. The Balaban J connectivity index is 1.65. The van der Waals surface area contributed by atoms with Crippen molar-refractivity contribution in [2.45, 2.75) is 82.3 Å². The summed E-state index contributed by atoms with van der Waals surface area (Å²) >= 11 is 5.45. The molecular formula is C36H60N10O9S. The number of thiocarbonyl (C=S) groups is 1. The van der Waals surface area contributed by atoms with Gasteiger partial charge in [0.1, 0.15) is 18.6 Å². The minimum atomic E-state index is -1.30. The molecular weight excluding hydrogens is 749 g/mol. The molecule has 13 N–H and O–H groups in total. The van der Waals surface area contributed by atoms with Gasteiger partial charge in [0.25, 0.3) is 0 Å². The zero-order valence-corrected chi connectivity index (χ0v) is 32.7. The van der Waals surface area contributed by atoms with Crippen molar-refractivity contribution in [3.8, 4) is 0 Å². The average Bonchev–Trinajstić information content (AvgIpc) is 3.14. The third-order valence-electron chi connectivity index (χ3n) is 8.66. The van der Waals surface area contributed by atoms with E-state index in [1.807, 2.05) is 17.4 Å². The number of hydrogen-bond acceptors (Lipinski definition) is 11. The van der Waals surface area contributed by atoms with E-state index in [1.165, 1.54) is 5.56 Å². The number of carboxylic acids is 3. The van der Waals surface area contributed by atoms with Crippen LogP contribution in [0.15, 0.2) is 24.3 Å². The van der Waals surface area contributed by atoms with Gasteiger partial charge in [-0.2, -0.15) is 0 Å². The second-order valence-electron chi connectivity index (χ2n) is 13.4. The van der Waals surface area contributed by atoms with Crippen LogP contribution in [0.25, 0.3) is 0 Å². The Kier molecular flexibility index (Phi) is 24.4. The lowest BCUT2D eigenvalue weighted by Gasteiger charge is -2.21. The van der Waals surface area contributed by atoms with Crippen molar-refractivity contribution >= 4 is 58.8 Å². The van der Waals surface area contributed by atoms with Gasteiger partial charge in [-0.3, -0.25) is 19.2 Å². The number of carbonyl (C=O) groups is 6. The molecule has 0 aliphatic carbocycles. The number of urea groups is 1. The fourth-order valence-corrected chi connectivity index (χ4v) is 5.89. The van der Waals surface area contributed by atoms with Crippen molar-refractivity contribution < 1.29 is 44.1 Å². The zero-order chi connectivity index (χ0) is 41.0. The number of anilines is 1. The highest BCUT2D eigenvalue weighted by molar-refractivity contribution is 7.80. The maximum absolute atomic E-state index is 12.8. The molecule has 1 aliphatic rings. The molecule has 0 saturated carbocycles. The largest absolute Gasteiger partial charge is 0.481 e. The SMILES string of the molecule is O=C(O)CCC(NC(=O)CCCCCNC(=S)Nc1ccc(CC2CNCCNCCNCCN2)cc1)C(=O)NCCCCC(NC(=O)NCC(=O)O)C(=O)O. The monoisotopic (exact) mass is 808 g/mol. The summed E-state index contributed by atoms with van der Waals surface area (Å²) in [6, 6.07) is 5.28. The topological polar surface area (TPSA) is 283 Å². The van der Waals surface area contributed by atoms with E-state index in [4.69, 9.17) is 22.4 Å². The third kappa shape index (κ3) is 23.3. The average molecular weight is 809 g/mol. The van der Waals surface area contributed by atoms with E-state index < -0.39 is 48.5 Å². The zero-order valence-electron chi connectivity index (χ0n) is 31.9. The number of aliphatic carboxylic acids is 3. The van der Waals surface area contributed by atoms with E-state index >= 15 is 0 Å². The van der Waals surface area contributed by atoms with Crippen molar-refractivity contribution in [2.24, 2.45) is 0 Å². The minimum Gasteiger partial charge on any atom is -0.481 e. The van der Waals surface area contributed by atoms with Crippen molar-refractivity contribution in [1.82, 2.24) is 47.9 Å². The molecule has 3 atom stereocenters. The van der Waals surface area contributed by atoms with Gasteiger partial charge in [0.05, 0.1) is 0 Å². The van der Waals surface area contributed by atoms with Gasteiger partial charge in [0, 0.05) is 83.5 Å². The van der Waals surface area contributed by atoms with Crippen LogP contribution in [0.5, 0.6) is 0 Å². The summed E-state index contributed by atoms with van der Waals surface area (Å²) in [5.41, 5.74) is 2.11. The Hall–Kier alpha value is -4.63. The van der Waals surface area contributed by atoms with Gasteiger partial charge in [-0.05, 0) is 74.9 Å². The molecule has 3 unspecified atom stereocenters. The van der Waals surface area contributed by atoms with Gasteiger partial charge in [-0.1, -0.05) is 18.6 Å². The van der Waals surface area contributed by atoms with E-state index in [9.17, 15) is 33.9 Å². The van der Waals surface area contributed by atoms with Gasteiger partial charge >= 0.3 is 23.9 Å². The van der Waals surface area contributed by atoms with Crippen LogP contribution < -0.4 is 53.2 Å². The molecule has 56 heavy (non-hydrogen) atoms. The summed E-state index contributed by atoms with van der Waals surface area (Å²) in [4.78, 5) is 70.2. The van der Waals surface area contributed by atoms with Gasteiger partial charge in [-0.25, -0.2) is 9.59 Å². The number of hydrogen-bond donors (Lipinski definition) is 13. The van der Waals surface area contributed by atoms with E-state index in [0.717, 1.165) is 64.3 Å². The number of carbonyl (C=O) groups excluding carboxylic acids is 3. The molecule has 314 valence electrons. The maximum Gasteiger partial charge on any atom is 0.326 e. The summed E-state index contributed by atoms with van der Waals surface area (Å²) in [6.45, 7) is 6.57. The molecule has 1 fully saturated rings. The van der Waals surface area contributed by atoms with Gasteiger partial charge < -0.3 is 68.5 Å². The van der Waals surface area contributed by atoms with Crippen LogP contribution in [-0.4, -0.2) is 140 Å². The summed E-state index contributed by atoms with van der Waals surface area (Å²) in [6.07, 6.45) is 3.27. The molecule has 0 bridgehead atoms. The van der Waals surface area contributed by atoms with E-state index in [1.54, 1.807) is 0 Å². The normalized spacial score (nSPS) is 16.0. The van der Waals surface area contributed by atoms with Crippen LogP contribution in [0, 0.1) is 0 Å². The summed E-state index contributed by atoms with van der Waals surface area (Å²) in [5, 5.41) is 57.4. The quantitative estimate of drug-likeness (QED) is 0.0480. The van der Waals surface area contributed by atoms with Crippen LogP contribution in [0.3, 0.4) is 0 Å². The Morgan fingerprint density at radius 1 is 0.696 bits per heavy atom. The van der Waals surface area contributed by atoms with Crippen molar-refractivity contribution in [1.29, 1.82) is 0 Å². The molecule has 0 spiro atoms. The van der Waals surface area contributed by atoms with Crippen molar-refractivity contribution in [3.63, 3.8) is 0 Å². The molecule has 1 aromatic carbocycles. The number of amides is 4. The molecule has 4 amide bonds. The highest BCUT2D eigenvalue weighted by Gasteiger charge is 2.22. The fourth-order valence-electron chi connectivity index (χ4n) is 5.67. The first-order valence-electron chi connectivity index (χ1n) is 19.2. The molecule has 1 saturated heterocycles. The summed E-state index contributed by atoms with van der Waals surface area (Å²) in [7, 11) is 0. The lowest BCUT2D eigenvalue weighted by molar-refractivity contribution is -0.140. The molecule has 0 radical (unpaired) electrons. The number of benzene rings is 1. The number of unbranched alkanes of at least 4 members (excludes halogenated alkanes) is 3. The number of carboxylic acid groups (broad SMARTS) is 3. The van der Waals surface area contributed by atoms with Gasteiger partial charge in [0.2, 0.25) is 11.8 Å². The van der Waals surface area contributed by atoms with Crippen LogP contribution in [-0.2, 0) is 30.4 Å². The van der Waals surface area contributed by atoms with E-state index in [0.29, 0.717) is 43.4 Å². The Morgan fingerprint density at radius 2 is 1.36 bits per heavy atom. The van der Waals surface area contributed by atoms with Gasteiger partial charge in [-0.15, -0.1) is 0 Å². The van der Waals surface area contributed by atoms with Crippen LogP contribution >= 0.6 is 12.2 Å². The minimum absolute atomic E-state index is 0.0186. The molecule has 1 aliphatic heterocycles. The number of rotatable bonds is 23. The maximum atomic E-state index is 12.8. The Bertz CT molecular complexity index is 1380. The highest BCUT2D eigenvalue weighted by atomic mass is 32.1. The van der Waals surface area contributed by atoms with E-state index in [-0.39, 0.29) is 38.1 Å². The Labute approximate surface area is 333 Å². The van der Waals surface area contributed by atoms with Crippen molar-refractivity contribution in [2.75, 3.05) is 70.8 Å². The molecule has 20 heteroatoms. The summed E-state index contributed by atoms with van der Waals surface area (Å²) in [5.74, 6) is -4.64. The van der Waals surface area contributed by atoms with E-state index in [2.05, 4.69) is 60.0 Å². The van der Waals surface area contributed by atoms with Crippen LogP contribution in [0.1, 0.15) is 63.4 Å². The lowest BCUT2D eigenvalue weighted by atomic mass is 10.1. The molecule has 19 nitrogen and oxygen atoms in total. The first-order chi connectivity index (χ1) is 26.9. The van der Waals surface area contributed by atoms with Crippen molar-refractivity contribution in [3.05, 3.63) is 29.8 Å². The highest BCUT2D eigenvalue weighted by Crippen LogP contribution is 2.12. The molecule has 2 rings (SSSR count). The van der Waals surface area contributed by atoms with Crippen LogP contribution in [0.2, 0.25) is 0 Å². The van der Waals surface area contributed by atoms with Gasteiger partial charge in [0.15, 0.2) is 5.11 Å². The number of nitrogens with one attached hydrogen (secondary N) is 10. The lowest BCUT2D eigenvalue weighted by Crippen LogP contribution is -2.47.